The van der Waals surface area contributed by atoms with Crippen LogP contribution in [0.2, 0.25) is 0 Å². The van der Waals surface area contributed by atoms with Crippen LogP contribution in [0, 0.1) is 13.8 Å². The van der Waals surface area contributed by atoms with Crippen molar-refractivity contribution in [3.63, 3.8) is 0 Å². The van der Waals surface area contributed by atoms with Crippen molar-refractivity contribution in [3.8, 4) is 0 Å². The maximum absolute atomic E-state index is 5.82. The minimum Gasteiger partial charge on any atom is -0.444 e. The molecule has 0 spiro atoms. The highest BCUT2D eigenvalue weighted by atomic mass is 16.4. The van der Waals surface area contributed by atoms with Crippen LogP contribution in [0.1, 0.15) is 23.8 Å². The molecule has 1 aromatic rings. The molecule has 1 aliphatic rings. The zero-order valence-corrected chi connectivity index (χ0v) is 8.79. The van der Waals surface area contributed by atoms with Gasteiger partial charge in [-0.15, -0.1) is 0 Å². The lowest BCUT2D eigenvalue weighted by Gasteiger charge is -2.11. The average Bonchev–Trinajstić information content (AvgIpc) is 2.62. The van der Waals surface area contributed by atoms with Crippen LogP contribution < -0.4 is 5.73 Å². The summed E-state index contributed by atoms with van der Waals surface area (Å²) in [6.07, 6.45) is 1.08. The lowest BCUT2D eigenvalue weighted by Crippen LogP contribution is -2.26. The van der Waals surface area contributed by atoms with Crippen molar-refractivity contribution in [2.75, 3.05) is 13.1 Å². The number of hydrogen-bond donors (Lipinski definition) is 1. The molecular weight excluding hydrogens is 178 g/mol. The Morgan fingerprint density at radius 3 is 2.86 bits per heavy atom. The molecule has 4 heteroatoms. The first kappa shape index (κ1) is 9.68. The second-order valence-electron chi connectivity index (χ2n) is 4.03. The Labute approximate surface area is 84.1 Å². The van der Waals surface area contributed by atoms with Crippen LogP contribution in [0.15, 0.2) is 4.42 Å². The van der Waals surface area contributed by atoms with E-state index in [9.17, 15) is 0 Å². The van der Waals surface area contributed by atoms with E-state index in [0.717, 1.165) is 43.4 Å². The van der Waals surface area contributed by atoms with E-state index in [0.29, 0.717) is 6.04 Å². The van der Waals surface area contributed by atoms with Gasteiger partial charge in [-0.05, 0) is 20.3 Å². The highest BCUT2D eigenvalue weighted by Crippen LogP contribution is 2.14. The first-order valence-electron chi connectivity index (χ1n) is 5.06. The van der Waals surface area contributed by atoms with Crippen LogP contribution >= 0.6 is 0 Å². The smallest absolute Gasteiger partial charge is 0.208 e. The molecule has 4 nitrogen and oxygen atoms in total. The second kappa shape index (κ2) is 3.71. The molecular formula is C10H17N3O. The van der Waals surface area contributed by atoms with Gasteiger partial charge in [-0.25, -0.2) is 4.98 Å². The van der Waals surface area contributed by atoms with Gasteiger partial charge in [-0.3, -0.25) is 4.90 Å². The monoisotopic (exact) mass is 195 g/mol. The fraction of sp³-hybridized carbons (Fsp3) is 0.700. The molecule has 1 fully saturated rings. The van der Waals surface area contributed by atoms with Crippen molar-refractivity contribution in [3.05, 3.63) is 17.3 Å². The van der Waals surface area contributed by atoms with Gasteiger partial charge in [0, 0.05) is 19.1 Å². The van der Waals surface area contributed by atoms with Crippen molar-refractivity contribution in [1.82, 2.24) is 9.88 Å². The zero-order valence-electron chi connectivity index (χ0n) is 8.79. The Hall–Kier alpha value is -0.870. The molecule has 1 aliphatic heterocycles. The number of aromatic nitrogens is 1. The number of aryl methyl sites for hydroxylation is 2. The highest BCUT2D eigenvalue weighted by Gasteiger charge is 2.20. The van der Waals surface area contributed by atoms with Crippen LogP contribution in [0.5, 0.6) is 0 Å². The molecule has 2 N–H and O–H groups in total. The third-order valence-corrected chi connectivity index (χ3v) is 2.74. The summed E-state index contributed by atoms with van der Waals surface area (Å²) in [6.45, 7) is 6.73. The molecule has 2 heterocycles. The van der Waals surface area contributed by atoms with Crippen LogP contribution in [0.3, 0.4) is 0 Å². The van der Waals surface area contributed by atoms with E-state index in [1.165, 1.54) is 0 Å². The molecule has 78 valence electrons. The van der Waals surface area contributed by atoms with Crippen molar-refractivity contribution >= 4 is 0 Å². The molecule has 0 saturated carbocycles. The molecule has 2 rings (SSSR count). The van der Waals surface area contributed by atoms with Gasteiger partial charge < -0.3 is 10.2 Å². The van der Waals surface area contributed by atoms with E-state index in [-0.39, 0.29) is 0 Å². The molecule has 0 amide bonds. The summed E-state index contributed by atoms with van der Waals surface area (Å²) in [5, 5.41) is 0. The molecule has 1 unspecified atom stereocenters. The lowest BCUT2D eigenvalue weighted by molar-refractivity contribution is 0.285. The Morgan fingerprint density at radius 2 is 2.36 bits per heavy atom. The standard InChI is InChI=1S/C10H17N3O/c1-7-8(2)14-10(12-7)6-13-4-3-9(11)5-13/h9H,3-6,11H2,1-2H3. The van der Waals surface area contributed by atoms with E-state index in [2.05, 4.69) is 9.88 Å². The largest absolute Gasteiger partial charge is 0.444 e. The summed E-state index contributed by atoms with van der Waals surface area (Å²) in [4.78, 5) is 6.64. The Bertz CT molecular complexity index is 302. The molecule has 1 aromatic heterocycles. The van der Waals surface area contributed by atoms with Gasteiger partial charge in [0.25, 0.3) is 0 Å². The lowest BCUT2D eigenvalue weighted by atomic mass is 10.3. The fourth-order valence-corrected chi connectivity index (χ4v) is 1.80. The van der Waals surface area contributed by atoms with Gasteiger partial charge in [0.05, 0.1) is 12.2 Å². The topological polar surface area (TPSA) is 55.3 Å². The van der Waals surface area contributed by atoms with E-state index in [1.807, 2.05) is 13.8 Å². The third kappa shape index (κ3) is 1.96. The van der Waals surface area contributed by atoms with Gasteiger partial charge in [0.1, 0.15) is 5.76 Å². The van der Waals surface area contributed by atoms with Crippen LogP contribution in [0.4, 0.5) is 0 Å². The van der Waals surface area contributed by atoms with Gasteiger partial charge in [-0.2, -0.15) is 0 Å². The average molecular weight is 195 g/mol. The SMILES string of the molecule is Cc1nc(CN2CCC(N)C2)oc1C. The van der Waals surface area contributed by atoms with Crippen LogP contribution in [0.25, 0.3) is 0 Å². The Kier molecular flexibility index (Phi) is 2.56. The Balaban J connectivity index is 1.97. The van der Waals surface area contributed by atoms with Gasteiger partial charge in [0.15, 0.2) is 0 Å². The van der Waals surface area contributed by atoms with Crippen LogP contribution in [-0.4, -0.2) is 29.0 Å². The molecule has 0 bridgehead atoms. The number of hydrogen-bond acceptors (Lipinski definition) is 4. The first-order valence-corrected chi connectivity index (χ1v) is 5.06. The number of oxazole rings is 1. The van der Waals surface area contributed by atoms with Crippen molar-refractivity contribution in [2.45, 2.75) is 32.9 Å². The van der Waals surface area contributed by atoms with Crippen molar-refractivity contribution < 1.29 is 4.42 Å². The minimum absolute atomic E-state index is 0.326. The maximum Gasteiger partial charge on any atom is 0.208 e. The minimum atomic E-state index is 0.326. The van der Waals surface area contributed by atoms with E-state index in [1.54, 1.807) is 0 Å². The molecule has 0 aliphatic carbocycles. The van der Waals surface area contributed by atoms with Gasteiger partial charge in [-0.1, -0.05) is 0 Å². The van der Waals surface area contributed by atoms with Gasteiger partial charge in [0.2, 0.25) is 5.89 Å². The summed E-state index contributed by atoms with van der Waals surface area (Å²) in [6, 6.07) is 0.326. The molecule has 1 saturated heterocycles. The number of nitrogens with zero attached hydrogens (tertiary/aromatic N) is 2. The van der Waals surface area contributed by atoms with Crippen LogP contribution in [-0.2, 0) is 6.54 Å². The quantitative estimate of drug-likeness (QED) is 0.759. The summed E-state index contributed by atoms with van der Waals surface area (Å²) < 4.78 is 5.52. The number of nitrogens with two attached hydrogens (primary N) is 1. The zero-order chi connectivity index (χ0) is 10.1. The summed E-state index contributed by atoms with van der Waals surface area (Å²) in [5.41, 5.74) is 6.81. The molecule has 0 aromatic carbocycles. The first-order chi connectivity index (χ1) is 6.65. The van der Waals surface area contributed by atoms with E-state index >= 15 is 0 Å². The summed E-state index contributed by atoms with van der Waals surface area (Å²) in [5.74, 6) is 1.73. The third-order valence-electron chi connectivity index (χ3n) is 2.74. The van der Waals surface area contributed by atoms with Crippen molar-refractivity contribution in [2.24, 2.45) is 5.73 Å². The van der Waals surface area contributed by atoms with Crippen molar-refractivity contribution in [1.29, 1.82) is 0 Å². The molecule has 14 heavy (non-hydrogen) atoms. The molecule has 1 atom stereocenters. The second-order valence-corrected chi connectivity index (χ2v) is 4.03. The molecule has 0 radical (unpaired) electrons. The highest BCUT2D eigenvalue weighted by molar-refractivity contribution is 5.05. The summed E-state index contributed by atoms with van der Waals surface area (Å²) >= 11 is 0. The van der Waals surface area contributed by atoms with E-state index in [4.69, 9.17) is 10.2 Å². The van der Waals surface area contributed by atoms with E-state index < -0.39 is 0 Å². The Morgan fingerprint density at radius 1 is 1.57 bits per heavy atom. The predicted molar refractivity (Wildman–Crippen MR) is 53.8 cm³/mol. The van der Waals surface area contributed by atoms with Gasteiger partial charge >= 0.3 is 0 Å². The summed E-state index contributed by atoms with van der Waals surface area (Å²) in [7, 11) is 0. The maximum atomic E-state index is 5.82. The predicted octanol–water partition coefficient (Wildman–Crippen LogP) is 0.824. The number of rotatable bonds is 2. The normalized spacial score (nSPS) is 23.2. The fourth-order valence-electron chi connectivity index (χ4n) is 1.80. The number of likely N-dealkylation sites (tertiary alicyclic amines) is 1.